The molecule has 1 atom stereocenters. The Morgan fingerprint density at radius 2 is 2.35 bits per heavy atom. The molecule has 17 heavy (non-hydrogen) atoms. The average molecular weight is 272 g/mol. The first-order valence-corrected chi connectivity index (χ1v) is 7.57. The highest BCUT2D eigenvalue weighted by molar-refractivity contribution is 7.91. The Bertz CT molecular complexity index is 518. The molecule has 0 radical (unpaired) electrons. The third-order valence-electron chi connectivity index (χ3n) is 2.68. The number of hydrogen-bond acceptors (Lipinski definition) is 5. The molecule has 5 nitrogen and oxygen atoms in total. The van der Waals surface area contributed by atoms with Crippen molar-refractivity contribution in [3.05, 3.63) is 17.5 Å². The SMILES string of the molecule is O=C=N[C@H]1CCCN(S(=O)(=O)c2cccs2)C1. The Labute approximate surface area is 104 Å². The standard InChI is InChI=1S/C10H12N2O3S2/c13-8-11-9-3-1-5-12(7-9)17(14,15)10-4-2-6-16-10/h2,4,6,9H,1,3,5,7H2/t9-/m0/s1. The molecule has 1 saturated heterocycles. The van der Waals surface area contributed by atoms with Gasteiger partial charge in [-0.2, -0.15) is 4.31 Å². The van der Waals surface area contributed by atoms with Gasteiger partial charge in [0.25, 0.3) is 10.0 Å². The molecule has 1 aliphatic rings. The van der Waals surface area contributed by atoms with E-state index in [4.69, 9.17) is 0 Å². The molecule has 1 aromatic heterocycles. The van der Waals surface area contributed by atoms with Gasteiger partial charge in [0.2, 0.25) is 6.08 Å². The van der Waals surface area contributed by atoms with E-state index in [1.807, 2.05) is 0 Å². The lowest BCUT2D eigenvalue weighted by Gasteiger charge is -2.28. The van der Waals surface area contributed by atoms with Gasteiger partial charge in [-0.25, -0.2) is 18.2 Å². The summed E-state index contributed by atoms with van der Waals surface area (Å²) in [6, 6.07) is 3.05. The highest BCUT2D eigenvalue weighted by Crippen LogP contribution is 2.24. The number of thiophene rings is 1. The minimum Gasteiger partial charge on any atom is -0.211 e. The molecule has 0 saturated carbocycles. The summed E-state index contributed by atoms with van der Waals surface area (Å²) in [7, 11) is -3.41. The van der Waals surface area contributed by atoms with Crippen molar-refractivity contribution in [3.8, 4) is 0 Å². The molecule has 0 N–H and O–H groups in total. The molecular weight excluding hydrogens is 260 g/mol. The third-order valence-corrected chi connectivity index (χ3v) is 5.92. The normalized spacial score (nSPS) is 22.0. The zero-order valence-corrected chi connectivity index (χ0v) is 10.7. The lowest BCUT2D eigenvalue weighted by molar-refractivity contribution is 0.317. The van der Waals surface area contributed by atoms with Crippen molar-refractivity contribution >= 4 is 27.4 Å². The zero-order valence-electron chi connectivity index (χ0n) is 9.07. The van der Waals surface area contributed by atoms with Gasteiger partial charge in [0, 0.05) is 13.1 Å². The van der Waals surface area contributed by atoms with Gasteiger partial charge in [0.05, 0.1) is 6.04 Å². The van der Waals surface area contributed by atoms with Crippen LogP contribution in [0.25, 0.3) is 0 Å². The summed E-state index contributed by atoms with van der Waals surface area (Å²) >= 11 is 1.20. The monoisotopic (exact) mass is 272 g/mol. The van der Waals surface area contributed by atoms with Gasteiger partial charge in [-0.3, -0.25) is 0 Å². The van der Waals surface area contributed by atoms with Gasteiger partial charge in [0.1, 0.15) is 4.21 Å². The molecule has 7 heteroatoms. The van der Waals surface area contributed by atoms with E-state index in [1.54, 1.807) is 17.5 Å². The smallest absolute Gasteiger partial charge is 0.211 e. The largest absolute Gasteiger partial charge is 0.252 e. The van der Waals surface area contributed by atoms with Crippen LogP contribution in [0.2, 0.25) is 0 Å². The van der Waals surface area contributed by atoms with Crippen LogP contribution < -0.4 is 0 Å². The van der Waals surface area contributed by atoms with Crippen LogP contribution >= 0.6 is 11.3 Å². The fourth-order valence-electron chi connectivity index (χ4n) is 1.86. The van der Waals surface area contributed by atoms with E-state index < -0.39 is 10.0 Å². The van der Waals surface area contributed by atoms with Gasteiger partial charge in [-0.05, 0) is 24.3 Å². The number of carbonyl (C=O) groups excluding carboxylic acids is 1. The van der Waals surface area contributed by atoms with Crippen molar-refractivity contribution in [1.82, 2.24) is 4.31 Å². The number of nitrogens with zero attached hydrogens (tertiary/aromatic N) is 2. The molecule has 2 rings (SSSR count). The maximum Gasteiger partial charge on any atom is 0.252 e. The molecule has 0 spiro atoms. The molecule has 0 amide bonds. The van der Waals surface area contributed by atoms with E-state index in [0.717, 1.165) is 12.8 Å². The van der Waals surface area contributed by atoms with Crippen LogP contribution in [-0.2, 0) is 14.8 Å². The molecular formula is C10H12N2O3S2. The lowest BCUT2D eigenvalue weighted by Crippen LogP contribution is -2.41. The van der Waals surface area contributed by atoms with Gasteiger partial charge < -0.3 is 0 Å². The van der Waals surface area contributed by atoms with E-state index in [0.29, 0.717) is 10.8 Å². The highest BCUT2D eigenvalue weighted by Gasteiger charge is 2.30. The Hall–Kier alpha value is -1.01. The zero-order chi connectivity index (χ0) is 12.3. The highest BCUT2D eigenvalue weighted by atomic mass is 32.2. The van der Waals surface area contributed by atoms with Crippen LogP contribution in [-0.4, -0.2) is 37.9 Å². The minimum atomic E-state index is -3.41. The topological polar surface area (TPSA) is 66.8 Å². The predicted octanol–water partition coefficient (Wildman–Crippen LogP) is 1.24. The molecule has 0 bridgehead atoms. The van der Waals surface area contributed by atoms with Crippen molar-refractivity contribution in [2.75, 3.05) is 13.1 Å². The molecule has 1 fully saturated rings. The molecule has 0 unspecified atom stereocenters. The number of hydrogen-bond donors (Lipinski definition) is 0. The van der Waals surface area contributed by atoms with E-state index in [1.165, 1.54) is 21.7 Å². The predicted molar refractivity (Wildman–Crippen MR) is 64.2 cm³/mol. The molecule has 0 aromatic carbocycles. The summed E-state index contributed by atoms with van der Waals surface area (Å²) in [5.74, 6) is 0. The summed E-state index contributed by atoms with van der Waals surface area (Å²) in [5.41, 5.74) is 0. The first-order valence-electron chi connectivity index (χ1n) is 5.25. The maximum absolute atomic E-state index is 12.2. The number of isocyanates is 1. The van der Waals surface area contributed by atoms with Crippen molar-refractivity contribution < 1.29 is 13.2 Å². The van der Waals surface area contributed by atoms with Crippen LogP contribution in [0.3, 0.4) is 0 Å². The number of rotatable bonds is 3. The molecule has 1 aromatic rings. The van der Waals surface area contributed by atoms with Crippen molar-refractivity contribution in [1.29, 1.82) is 0 Å². The Morgan fingerprint density at radius 3 is 3.00 bits per heavy atom. The third kappa shape index (κ3) is 2.63. The molecule has 2 heterocycles. The van der Waals surface area contributed by atoms with Gasteiger partial charge in [0.15, 0.2) is 0 Å². The quantitative estimate of drug-likeness (QED) is 0.614. The second kappa shape index (κ2) is 5.10. The van der Waals surface area contributed by atoms with E-state index in [-0.39, 0.29) is 12.6 Å². The van der Waals surface area contributed by atoms with E-state index in [9.17, 15) is 13.2 Å². The first kappa shape index (κ1) is 12.4. The fraction of sp³-hybridized carbons (Fsp3) is 0.500. The van der Waals surface area contributed by atoms with E-state index >= 15 is 0 Å². The second-order valence-corrected chi connectivity index (χ2v) is 6.92. The minimum absolute atomic E-state index is 0.254. The molecule has 0 aliphatic carbocycles. The Kier molecular flexibility index (Phi) is 3.73. The summed E-state index contributed by atoms with van der Waals surface area (Å²) in [6.45, 7) is 0.764. The summed E-state index contributed by atoms with van der Waals surface area (Å²) in [4.78, 5) is 13.8. The Balaban J connectivity index is 2.20. The van der Waals surface area contributed by atoms with Gasteiger partial charge in [-0.15, -0.1) is 11.3 Å². The summed E-state index contributed by atoms with van der Waals surface area (Å²) < 4.78 is 26.1. The molecule has 92 valence electrons. The second-order valence-electron chi connectivity index (χ2n) is 3.81. The van der Waals surface area contributed by atoms with Crippen LogP contribution in [0.1, 0.15) is 12.8 Å². The van der Waals surface area contributed by atoms with Crippen molar-refractivity contribution in [3.63, 3.8) is 0 Å². The van der Waals surface area contributed by atoms with Gasteiger partial charge >= 0.3 is 0 Å². The van der Waals surface area contributed by atoms with Crippen LogP contribution in [0, 0.1) is 0 Å². The number of piperidine rings is 1. The van der Waals surface area contributed by atoms with E-state index in [2.05, 4.69) is 4.99 Å². The summed E-state index contributed by atoms with van der Waals surface area (Å²) in [6.07, 6.45) is 2.96. The van der Waals surface area contributed by atoms with Crippen molar-refractivity contribution in [2.24, 2.45) is 4.99 Å². The van der Waals surface area contributed by atoms with Crippen LogP contribution in [0.15, 0.2) is 26.7 Å². The van der Waals surface area contributed by atoms with Gasteiger partial charge in [-0.1, -0.05) is 6.07 Å². The Morgan fingerprint density at radius 1 is 1.53 bits per heavy atom. The average Bonchev–Trinajstić information content (AvgIpc) is 2.84. The number of sulfonamides is 1. The number of aliphatic imine (C=N–C) groups is 1. The fourth-order valence-corrected chi connectivity index (χ4v) is 4.52. The summed E-state index contributed by atoms with van der Waals surface area (Å²) in [5, 5.41) is 1.73. The lowest BCUT2D eigenvalue weighted by atomic mass is 10.1. The van der Waals surface area contributed by atoms with Crippen molar-refractivity contribution in [2.45, 2.75) is 23.1 Å². The maximum atomic E-state index is 12.2. The molecule has 1 aliphatic heterocycles. The van der Waals surface area contributed by atoms with Crippen LogP contribution in [0.4, 0.5) is 0 Å². The van der Waals surface area contributed by atoms with Crippen LogP contribution in [0.5, 0.6) is 0 Å². The first-order chi connectivity index (χ1) is 8.14.